The van der Waals surface area contributed by atoms with Crippen LogP contribution in [-0.4, -0.2) is 67.1 Å². The lowest BCUT2D eigenvalue weighted by Crippen LogP contribution is -2.46. The molecule has 1 atom stereocenters. The van der Waals surface area contributed by atoms with E-state index in [9.17, 15) is 9.59 Å². The number of esters is 1. The number of hydrogen-bond acceptors (Lipinski definition) is 7. The quantitative estimate of drug-likeness (QED) is 0.723. The minimum absolute atomic E-state index is 0.0553. The lowest BCUT2D eigenvalue weighted by molar-refractivity contribution is -0.117. The molecule has 0 radical (unpaired) electrons. The van der Waals surface area contributed by atoms with Crippen LogP contribution in [0.3, 0.4) is 0 Å². The van der Waals surface area contributed by atoms with Gasteiger partial charge in [-0.05, 0) is 55.7 Å². The molecule has 1 unspecified atom stereocenters. The van der Waals surface area contributed by atoms with Crippen molar-refractivity contribution in [2.24, 2.45) is 0 Å². The Labute approximate surface area is 188 Å². The van der Waals surface area contributed by atoms with Crippen molar-refractivity contribution >= 4 is 29.1 Å². The highest BCUT2D eigenvalue weighted by molar-refractivity contribution is 6.03. The van der Waals surface area contributed by atoms with Gasteiger partial charge in [-0.25, -0.2) is 9.78 Å². The number of rotatable bonds is 5. The summed E-state index contributed by atoms with van der Waals surface area (Å²) in [5.74, 6) is 0.724. The Morgan fingerprint density at radius 2 is 1.94 bits per heavy atom. The fourth-order valence-corrected chi connectivity index (χ4v) is 4.86. The van der Waals surface area contributed by atoms with Gasteiger partial charge >= 0.3 is 5.97 Å². The van der Waals surface area contributed by atoms with Gasteiger partial charge in [0.2, 0.25) is 5.91 Å². The van der Waals surface area contributed by atoms with Crippen molar-refractivity contribution < 1.29 is 14.3 Å². The van der Waals surface area contributed by atoms with Crippen LogP contribution in [-0.2, 0) is 16.1 Å². The topological polar surface area (TPSA) is 78.0 Å². The van der Waals surface area contributed by atoms with Crippen LogP contribution in [0.15, 0.2) is 36.5 Å². The molecule has 0 saturated carbocycles. The van der Waals surface area contributed by atoms with Crippen molar-refractivity contribution in [2.45, 2.75) is 32.4 Å². The number of fused-ring (bicyclic) bond motifs is 3. The van der Waals surface area contributed by atoms with Crippen molar-refractivity contribution in [3.8, 4) is 0 Å². The zero-order valence-corrected chi connectivity index (χ0v) is 18.4. The highest BCUT2D eigenvalue weighted by Crippen LogP contribution is 2.35. The normalized spacial score (nSPS) is 20.5. The Balaban J connectivity index is 1.18. The lowest BCUT2D eigenvalue weighted by atomic mass is 10.1. The summed E-state index contributed by atoms with van der Waals surface area (Å²) >= 11 is 0. The maximum absolute atomic E-state index is 12.4. The van der Waals surface area contributed by atoms with Gasteiger partial charge in [-0.2, -0.15) is 0 Å². The smallest absolute Gasteiger partial charge is 0.338 e. The molecule has 2 saturated heterocycles. The molecule has 0 aliphatic carbocycles. The molecule has 1 aromatic heterocycles. The zero-order chi connectivity index (χ0) is 22.1. The molecule has 0 bridgehead atoms. The van der Waals surface area contributed by atoms with E-state index in [0.29, 0.717) is 12.2 Å². The Kier molecular flexibility index (Phi) is 5.70. The van der Waals surface area contributed by atoms with E-state index < -0.39 is 0 Å². The minimum Gasteiger partial charge on any atom is -0.462 e. The van der Waals surface area contributed by atoms with Gasteiger partial charge in [-0.15, -0.1) is 0 Å². The van der Waals surface area contributed by atoms with Gasteiger partial charge in [0.05, 0.1) is 17.9 Å². The van der Waals surface area contributed by atoms with Crippen LogP contribution in [0, 0.1) is 0 Å². The second-order valence-electron chi connectivity index (χ2n) is 8.59. The first-order valence-corrected chi connectivity index (χ1v) is 11.4. The Bertz CT molecular complexity index is 1000. The van der Waals surface area contributed by atoms with E-state index in [1.165, 1.54) is 0 Å². The van der Waals surface area contributed by atoms with E-state index in [1.807, 2.05) is 37.4 Å². The van der Waals surface area contributed by atoms with Crippen molar-refractivity contribution in [3.63, 3.8) is 0 Å². The minimum atomic E-state index is -0.279. The summed E-state index contributed by atoms with van der Waals surface area (Å²) in [4.78, 5) is 35.8. The number of anilines is 3. The zero-order valence-electron chi connectivity index (χ0n) is 18.4. The molecule has 8 heteroatoms. The van der Waals surface area contributed by atoms with Crippen LogP contribution in [0.2, 0.25) is 0 Å². The van der Waals surface area contributed by atoms with Gasteiger partial charge in [-0.1, -0.05) is 0 Å². The maximum atomic E-state index is 12.4. The summed E-state index contributed by atoms with van der Waals surface area (Å²) in [5, 5.41) is 3.06. The van der Waals surface area contributed by atoms with E-state index in [2.05, 4.69) is 26.1 Å². The maximum Gasteiger partial charge on any atom is 0.338 e. The number of aromatic nitrogens is 1. The van der Waals surface area contributed by atoms with E-state index in [4.69, 9.17) is 9.72 Å². The average Bonchev–Trinajstić information content (AvgIpc) is 3.31. The molecule has 1 amide bonds. The van der Waals surface area contributed by atoms with Gasteiger partial charge in [0, 0.05) is 51.2 Å². The Hall–Kier alpha value is -3.13. The second-order valence-corrected chi connectivity index (χ2v) is 8.59. The predicted octanol–water partition coefficient (Wildman–Crippen LogP) is 2.50. The summed E-state index contributed by atoms with van der Waals surface area (Å²) in [6, 6.07) is 9.66. The van der Waals surface area contributed by atoms with E-state index in [1.54, 1.807) is 0 Å². The number of ether oxygens (including phenoxy) is 1. The molecule has 5 rings (SSSR count). The summed E-state index contributed by atoms with van der Waals surface area (Å²) in [7, 11) is 0. The summed E-state index contributed by atoms with van der Waals surface area (Å²) in [5.41, 5.74) is 3.66. The van der Waals surface area contributed by atoms with Gasteiger partial charge in [-0.3, -0.25) is 9.69 Å². The molecule has 3 aliphatic heterocycles. The number of nitrogens with one attached hydrogen (secondary N) is 1. The third kappa shape index (κ3) is 4.02. The van der Waals surface area contributed by atoms with Gasteiger partial charge in [0.1, 0.15) is 6.04 Å². The predicted molar refractivity (Wildman–Crippen MR) is 123 cm³/mol. The summed E-state index contributed by atoms with van der Waals surface area (Å²) < 4.78 is 5.05. The van der Waals surface area contributed by atoms with Crippen LogP contribution < -0.4 is 15.1 Å². The van der Waals surface area contributed by atoms with E-state index >= 15 is 0 Å². The Morgan fingerprint density at radius 3 is 2.69 bits per heavy atom. The van der Waals surface area contributed by atoms with E-state index in [-0.39, 0.29) is 17.9 Å². The molecular weight excluding hydrogens is 406 g/mol. The number of carbonyl (C=O) groups excluding carboxylic acids is 2. The first-order valence-electron chi connectivity index (χ1n) is 11.4. The van der Waals surface area contributed by atoms with Crippen LogP contribution >= 0.6 is 0 Å². The first kappa shape index (κ1) is 20.8. The third-order valence-corrected chi connectivity index (χ3v) is 6.53. The molecule has 8 nitrogen and oxygen atoms in total. The Morgan fingerprint density at radius 1 is 1.16 bits per heavy atom. The highest BCUT2D eigenvalue weighted by atomic mass is 16.5. The number of amides is 1. The molecule has 0 spiro atoms. The average molecular weight is 436 g/mol. The molecular formula is C24H29N5O3. The fourth-order valence-electron chi connectivity index (χ4n) is 4.86. The SMILES string of the molecule is CCOC(=O)c1ccc(N2CCN(Cc3cnc4c(c3)NC(=O)C3CCCN43)CC2)cc1. The summed E-state index contributed by atoms with van der Waals surface area (Å²) in [6.07, 6.45) is 3.90. The molecule has 32 heavy (non-hydrogen) atoms. The molecule has 2 aromatic rings. The second kappa shape index (κ2) is 8.78. The van der Waals surface area contributed by atoms with Crippen LogP contribution in [0.25, 0.3) is 0 Å². The van der Waals surface area contributed by atoms with Gasteiger partial charge < -0.3 is 19.9 Å². The number of hydrogen-bond donors (Lipinski definition) is 1. The monoisotopic (exact) mass is 435 g/mol. The largest absolute Gasteiger partial charge is 0.462 e. The summed E-state index contributed by atoms with van der Waals surface area (Å²) in [6.45, 7) is 7.63. The third-order valence-electron chi connectivity index (χ3n) is 6.53. The lowest BCUT2D eigenvalue weighted by Gasteiger charge is -2.36. The number of piperazine rings is 1. The van der Waals surface area contributed by atoms with Crippen molar-refractivity contribution in [1.29, 1.82) is 0 Å². The molecule has 1 N–H and O–H groups in total. The number of pyridine rings is 1. The van der Waals surface area contributed by atoms with Crippen molar-refractivity contribution in [3.05, 3.63) is 47.7 Å². The number of nitrogens with zero attached hydrogens (tertiary/aromatic N) is 4. The standard InChI is InChI=1S/C24H29N5O3/c1-2-32-24(31)18-5-7-19(8-6-18)28-12-10-27(11-13-28)16-17-14-20-22(25-15-17)29-9-3-4-21(29)23(30)26-20/h5-8,14-15,21H,2-4,9-13,16H2,1H3,(H,26,30). The van der Waals surface area contributed by atoms with E-state index in [0.717, 1.165) is 74.9 Å². The highest BCUT2D eigenvalue weighted by Gasteiger charge is 2.37. The van der Waals surface area contributed by atoms with Gasteiger partial charge in [0.15, 0.2) is 5.82 Å². The molecule has 3 aliphatic rings. The van der Waals surface area contributed by atoms with Crippen molar-refractivity contribution in [2.75, 3.05) is 54.4 Å². The molecule has 1 aromatic carbocycles. The van der Waals surface area contributed by atoms with Gasteiger partial charge in [0.25, 0.3) is 0 Å². The van der Waals surface area contributed by atoms with Crippen LogP contribution in [0.1, 0.15) is 35.7 Å². The van der Waals surface area contributed by atoms with Crippen LogP contribution in [0.5, 0.6) is 0 Å². The van der Waals surface area contributed by atoms with Crippen molar-refractivity contribution in [1.82, 2.24) is 9.88 Å². The first-order chi connectivity index (χ1) is 15.6. The van der Waals surface area contributed by atoms with Crippen LogP contribution in [0.4, 0.5) is 17.2 Å². The molecule has 2 fully saturated rings. The fraction of sp³-hybridized carbons (Fsp3) is 0.458. The number of carbonyl (C=O) groups is 2. The molecule has 4 heterocycles. The molecule has 168 valence electrons. The number of benzene rings is 1.